The van der Waals surface area contributed by atoms with Crippen LogP contribution in [0.1, 0.15) is 20.8 Å². The van der Waals surface area contributed by atoms with Crippen LogP contribution in [0.5, 0.6) is 5.75 Å². The quantitative estimate of drug-likeness (QED) is 0.391. The van der Waals surface area contributed by atoms with Crippen LogP contribution in [0.2, 0.25) is 10.0 Å². The zero-order chi connectivity index (χ0) is 24.2. The van der Waals surface area contributed by atoms with Crippen LogP contribution in [0.15, 0.2) is 54.7 Å². The third-order valence-electron chi connectivity index (χ3n) is 5.00. The van der Waals surface area contributed by atoms with Gasteiger partial charge in [-0.1, -0.05) is 29.3 Å². The number of benzene rings is 2. The maximum atomic E-state index is 13.4. The number of urea groups is 1. The Morgan fingerprint density at radius 1 is 1.12 bits per heavy atom. The number of nitrogens with one attached hydrogen (secondary N) is 2. The van der Waals surface area contributed by atoms with E-state index >= 15 is 0 Å². The average Bonchev–Trinajstić information content (AvgIpc) is 2.77. The van der Waals surface area contributed by atoms with Crippen molar-refractivity contribution < 1.29 is 14.6 Å². The van der Waals surface area contributed by atoms with Crippen molar-refractivity contribution in [3.05, 3.63) is 64.8 Å². The fraction of sp³-hybridized carbons (Fsp3) is 0.261. The van der Waals surface area contributed by atoms with E-state index in [9.17, 15) is 9.90 Å². The second-order valence-electron chi connectivity index (χ2n) is 7.82. The van der Waals surface area contributed by atoms with Crippen LogP contribution < -0.4 is 20.3 Å². The molecule has 2 amide bonds. The minimum atomic E-state index is -1.01. The van der Waals surface area contributed by atoms with Crippen LogP contribution in [0.25, 0.3) is 0 Å². The Balaban J connectivity index is 2.00. The number of nitrogens with zero attached hydrogens (tertiary/aromatic N) is 3. The van der Waals surface area contributed by atoms with Gasteiger partial charge in [0.15, 0.2) is 0 Å². The summed E-state index contributed by atoms with van der Waals surface area (Å²) < 4.78 is 5.22. The first-order valence-electron chi connectivity index (χ1n) is 10.1. The first-order chi connectivity index (χ1) is 15.6. The zero-order valence-electron chi connectivity index (χ0n) is 18.6. The molecule has 3 N–H and O–H groups in total. The van der Waals surface area contributed by atoms with Gasteiger partial charge in [-0.15, -0.1) is 0 Å². The van der Waals surface area contributed by atoms with Gasteiger partial charge in [0, 0.05) is 12.3 Å². The Labute approximate surface area is 202 Å². The lowest BCUT2D eigenvalue weighted by atomic mass is 10.0. The Morgan fingerprint density at radius 3 is 2.33 bits per heavy atom. The predicted molar refractivity (Wildman–Crippen MR) is 132 cm³/mol. The molecular formula is C23H25Cl2N5O3. The molecule has 33 heavy (non-hydrogen) atoms. The third kappa shape index (κ3) is 6.04. The first kappa shape index (κ1) is 24.6. The number of aliphatic hydroxyl groups is 1. The summed E-state index contributed by atoms with van der Waals surface area (Å²) in [5.74, 6) is 1.18. The lowest BCUT2D eigenvalue weighted by molar-refractivity contribution is 0.0646. The lowest BCUT2D eigenvalue weighted by Gasteiger charge is -2.27. The molecule has 1 heterocycles. The molecule has 0 aliphatic carbocycles. The summed E-state index contributed by atoms with van der Waals surface area (Å²) in [5.41, 5.74) is -0.197. The minimum Gasteiger partial charge on any atom is -0.497 e. The second kappa shape index (κ2) is 10.2. The maximum Gasteiger partial charge on any atom is 0.332 e. The molecule has 0 fully saturated rings. The third-order valence-corrected chi connectivity index (χ3v) is 5.63. The van der Waals surface area contributed by atoms with Crippen molar-refractivity contribution >= 4 is 52.4 Å². The molecular weight excluding hydrogens is 465 g/mol. The monoisotopic (exact) mass is 489 g/mol. The molecule has 0 bridgehead atoms. The summed E-state index contributed by atoms with van der Waals surface area (Å²) in [6.45, 7) is 5.17. The average molecular weight is 490 g/mol. The van der Waals surface area contributed by atoms with Crippen molar-refractivity contribution in [1.29, 1.82) is 0 Å². The van der Waals surface area contributed by atoms with Crippen molar-refractivity contribution in [1.82, 2.24) is 9.97 Å². The number of carbonyl (C=O) groups excluding carboxylic acids is 1. The van der Waals surface area contributed by atoms with E-state index in [-0.39, 0.29) is 17.7 Å². The number of para-hydroxylation sites is 1. The fourth-order valence-electron chi connectivity index (χ4n) is 2.78. The molecule has 3 rings (SSSR count). The number of ether oxygens (including phenoxy) is 1. The SMILES string of the molecule is COc1ccc(N(C(=O)Nc2c(Cl)cccc2Cl)c2ccnc(NC(C)C(C)(C)O)n2)cc1. The van der Waals surface area contributed by atoms with Crippen molar-refractivity contribution in [3.63, 3.8) is 0 Å². The van der Waals surface area contributed by atoms with Gasteiger partial charge >= 0.3 is 6.03 Å². The molecule has 0 saturated heterocycles. The van der Waals surface area contributed by atoms with E-state index < -0.39 is 11.6 Å². The Morgan fingerprint density at radius 2 is 1.76 bits per heavy atom. The van der Waals surface area contributed by atoms with Crippen LogP contribution in [0.4, 0.5) is 27.9 Å². The van der Waals surface area contributed by atoms with E-state index in [1.165, 1.54) is 11.1 Å². The van der Waals surface area contributed by atoms with E-state index in [1.54, 1.807) is 69.5 Å². The molecule has 174 valence electrons. The van der Waals surface area contributed by atoms with Gasteiger partial charge in [-0.2, -0.15) is 4.98 Å². The molecule has 0 aliphatic rings. The van der Waals surface area contributed by atoms with E-state index in [0.717, 1.165) is 0 Å². The largest absolute Gasteiger partial charge is 0.497 e. The van der Waals surface area contributed by atoms with Crippen LogP contribution in [0, 0.1) is 0 Å². The molecule has 1 unspecified atom stereocenters. The highest BCUT2D eigenvalue weighted by Gasteiger charge is 2.25. The van der Waals surface area contributed by atoms with E-state index in [0.29, 0.717) is 27.3 Å². The number of aromatic nitrogens is 2. The van der Waals surface area contributed by atoms with E-state index in [2.05, 4.69) is 20.6 Å². The van der Waals surface area contributed by atoms with Gasteiger partial charge in [0.05, 0.1) is 40.2 Å². The van der Waals surface area contributed by atoms with Crippen molar-refractivity contribution in [3.8, 4) is 5.75 Å². The van der Waals surface area contributed by atoms with Gasteiger partial charge < -0.3 is 20.5 Å². The fourth-order valence-corrected chi connectivity index (χ4v) is 3.27. The molecule has 0 aliphatic heterocycles. The summed E-state index contributed by atoms with van der Waals surface area (Å²) in [4.78, 5) is 23.5. The topological polar surface area (TPSA) is 99.6 Å². The summed E-state index contributed by atoms with van der Waals surface area (Å²) in [5, 5.41) is 16.6. The van der Waals surface area contributed by atoms with E-state index in [1.807, 2.05) is 6.92 Å². The normalized spacial score (nSPS) is 12.1. The molecule has 3 aromatic rings. The standard InChI is InChI=1S/C23H25Cl2N5O3/c1-14(23(2,3)32)27-21-26-13-12-19(28-21)30(15-8-10-16(33-4)11-9-15)22(31)29-20-17(24)6-5-7-18(20)25/h5-14,32H,1-4H3,(H,29,31)(H,26,27,28). The highest BCUT2D eigenvalue weighted by molar-refractivity contribution is 6.40. The van der Waals surface area contributed by atoms with Gasteiger partial charge in [0.1, 0.15) is 11.6 Å². The molecule has 10 heteroatoms. The van der Waals surface area contributed by atoms with Gasteiger partial charge in [-0.25, -0.2) is 14.7 Å². The van der Waals surface area contributed by atoms with Crippen LogP contribution in [-0.4, -0.2) is 39.9 Å². The number of hydrogen-bond acceptors (Lipinski definition) is 6. The van der Waals surface area contributed by atoms with Gasteiger partial charge in [0.2, 0.25) is 5.95 Å². The highest BCUT2D eigenvalue weighted by Crippen LogP contribution is 2.32. The zero-order valence-corrected chi connectivity index (χ0v) is 20.1. The minimum absolute atomic E-state index is 0.254. The number of anilines is 4. The smallest absolute Gasteiger partial charge is 0.332 e. The van der Waals surface area contributed by atoms with Gasteiger partial charge in [-0.3, -0.25) is 0 Å². The van der Waals surface area contributed by atoms with Crippen LogP contribution in [0.3, 0.4) is 0 Å². The summed E-state index contributed by atoms with van der Waals surface area (Å²) in [7, 11) is 1.56. The van der Waals surface area contributed by atoms with Crippen LogP contribution >= 0.6 is 23.2 Å². The molecule has 1 aromatic heterocycles. The molecule has 0 spiro atoms. The number of amides is 2. The van der Waals surface area contributed by atoms with Crippen molar-refractivity contribution in [2.75, 3.05) is 22.6 Å². The second-order valence-corrected chi connectivity index (χ2v) is 8.63. The van der Waals surface area contributed by atoms with Crippen molar-refractivity contribution in [2.24, 2.45) is 0 Å². The molecule has 8 nitrogen and oxygen atoms in total. The molecule has 1 atom stereocenters. The summed E-state index contributed by atoms with van der Waals surface area (Å²) in [6, 6.07) is 12.6. The molecule has 0 saturated carbocycles. The van der Waals surface area contributed by atoms with Gasteiger partial charge in [0.25, 0.3) is 0 Å². The van der Waals surface area contributed by atoms with Crippen LogP contribution in [-0.2, 0) is 0 Å². The predicted octanol–water partition coefficient (Wildman–Crippen LogP) is 5.73. The Bertz CT molecular complexity index is 1100. The molecule has 0 radical (unpaired) electrons. The van der Waals surface area contributed by atoms with Gasteiger partial charge in [-0.05, 0) is 57.2 Å². The maximum absolute atomic E-state index is 13.4. The highest BCUT2D eigenvalue weighted by atomic mass is 35.5. The van der Waals surface area contributed by atoms with Crippen molar-refractivity contribution in [2.45, 2.75) is 32.4 Å². The summed E-state index contributed by atoms with van der Waals surface area (Å²) >= 11 is 12.5. The van der Waals surface area contributed by atoms with E-state index in [4.69, 9.17) is 27.9 Å². The number of carbonyl (C=O) groups is 1. The summed E-state index contributed by atoms with van der Waals surface area (Å²) in [6.07, 6.45) is 1.52. The number of halogens is 2. The lowest BCUT2D eigenvalue weighted by Crippen LogP contribution is -2.40. The molecule has 2 aromatic carbocycles. The number of rotatable bonds is 7. The number of hydrogen-bond donors (Lipinski definition) is 3. The first-order valence-corrected chi connectivity index (χ1v) is 10.9. The Kier molecular flexibility index (Phi) is 7.63. The Hall–Kier alpha value is -3.07. The number of methoxy groups -OCH3 is 1.